The number of hydrogen-bond donors (Lipinski definition) is 1. The minimum absolute atomic E-state index is 0.180. The van der Waals surface area contributed by atoms with Crippen molar-refractivity contribution in [2.45, 2.75) is 39.2 Å². The molecule has 2 heteroatoms. The van der Waals surface area contributed by atoms with Crippen LogP contribution in [0.2, 0.25) is 0 Å². The van der Waals surface area contributed by atoms with E-state index in [1.807, 2.05) is 32.0 Å². The number of ether oxygens (including phenoxy) is 1. The summed E-state index contributed by atoms with van der Waals surface area (Å²) in [6, 6.07) is 8.08. The van der Waals surface area contributed by atoms with Crippen LogP contribution >= 0.6 is 0 Å². The molecule has 84 valence electrons. The average molecular weight is 208 g/mol. The first-order valence-corrected chi connectivity index (χ1v) is 5.66. The van der Waals surface area contributed by atoms with Crippen molar-refractivity contribution < 1.29 is 9.84 Å². The van der Waals surface area contributed by atoms with Crippen LogP contribution in [0, 0.1) is 0 Å². The predicted octanol–water partition coefficient (Wildman–Crippen LogP) is 2.79. The Morgan fingerprint density at radius 2 is 2.13 bits per heavy atom. The third kappa shape index (κ3) is 4.34. The van der Waals surface area contributed by atoms with Gasteiger partial charge in [-0.1, -0.05) is 19.1 Å². The molecule has 0 bridgehead atoms. The van der Waals surface area contributed by atoms with Crippen molar-refractivity contribution in [3.05, 3.63) is 29.8 Å². The van der Waals surface area contributed by atoms with Gasteiger partial charge in [0.2, 0.25) is 0 Å². The maximum Gasteiger partial charge on any atom is 0.119 e. The molecule has 1 rings (SSSR count). The van der Waals surface area contributed by atoms with Gasteiger partial charge in [0.25, 0.3) is 0 Å². The van der Waals surface area contributed by atoms with Crippen molar-refractivity contribution in [3.8, 4) is 5.75 Å². The predicted molar refractivity (Wildman–Crippen MR) is 62.2 cm³/mol. The molecule has 0 amide bonds. The second kappa shape index (κ2) is 6.46. The van der Waals surface area contributed by atoms with Crippen molar-refractivity contribution in [2.75, 3.05) is 6.61 Å². The number of rotatable bonds is 6. The van der Waals surface area contributed by atoms with E-state index in [4.69, 9.17) is 4.74 Å². The SMILES string of the molecule is CCOc1cccc(CCC(O)CC)c1. The molecule has 0 saturated carbocycles. The van der Waals surface area contributed by atoms with Crippen molar-refractivity contribution in [1.82, 2.24) is 0 Å². The summed E-state index contributed by atoms with van der Waals surface area (Å²) in [6.45, 7) is 4.68. The standard InChI is InChI=1S/C13H20O2/c1-3-12(14)9-8-11-6-5-7-13(10-11)15-4-2/h5-7,10,12,14H,3-4,8-9H2,1-2H3. The Morgan fingerprint density at radius 1 is 1.33 bits per heavy atom. The Morgan fingerprint density at radius 3 is 2.80 bits per heavy atom. The maximum absolute atomic E-state index is 9.46. The van der Waals surface area contributed by atoms with Gasteiger partial charge in [0.1, 0.15) is 5.75 Å². The van der Waals surface area contributed by atoms with E-state index in [9.17, 15) is 5.11 Å². The molecule has 0 aliphatic heterocycles. The van der Waals surface area contributed by atoms with E-state index in [0.29, 0.717) is 6.61 Å². The first-order chi connectivity index (χ1) is 7.26. The summed E-state index contributed by atoms with van der Waals surface area (Å²) in [5, 5.41) is 9.46. The van der Waals surface area contributed by atoms with Crippen molar-refractivity contribution >= 4 is 0 Å². The second-order valence-electron chi connectivity index (χ2n) is 3.68. The van der Waals surface area contributed by atoms with E-state index in [0.717, 1.165) is 25.0 Å². The van der Waals surface area contributed by atoms with Gasteiger partial charge in [0.15, 0.2) is 0 Å². The molecule has 0 spiro atoms. The molecule has 0 heterocycles. The zero-order valence-corrected chi connectivity index (χ0v) is 9.57. The van der Waals surface area contributed by atoms with E-state index >= 15 is 0 Å². The Hall–Kier alpha value is -1.02. The van der Waals surface area contributed by atoms with Gasteiger partial charge in [-0.3, -0.25) is 0 Å². The number of aryl methyl sites for hydroxylation is 1. The Labute approximate surface area is 91.9 Å². The van der Waals surface area contributed by atoms with Gasteiger partial charge in [0, 0.05) is 0 Å². The van der Waals surface area contributed by atoms with Crippen molar-refractivity contribution in [3.63, 3.8) is 0 Å². The van der Waals surface area contributed by atoms with Gasteiger partial charge in [-0.25, -0.2) is 0 Å². The monoisotopic (exact) mass is 208 g/mol. The summed E-state index contributed by atoms with van der Waals surface area (Å²) in [5.74, 6) is 0.918. The highest BCUT2D eigenvalue weighted by atomic mass is 16.5. The van der Waals surface area contributed by atoms with E-state index in [-0.39, 0.29) is 6.10 Å². The number of aliphatic hydroxyl groups is 1. The van der Waals surface area contributed by atoms with E-state index in [2.05, 4.69) is 6.07 Å². The van der Waals surface area contributed by atoms with Crippen LogP contribution in [0.4, 0.5) is 0 Å². The lowest BCUT2D eigenvalue weighted by Gasteiger charge is -2.08. The Kier molecular flexibility index (Phi) is 5.19. The van der Waals surface area contributed by atoms with E-state index < -0.39 is 0 Å². The summed E-state index contributed by atoms with van der Waals surface area (Å²) in [5.41, 5.74) is 1.23. The van der Waals surface area contributed by atoms with Crippen LogP contribution in [0.3, 0.4) is 0 Å². The zero-order valence-electron chi connectivity index (χ0n) is 9.57. The molecule has 0 aliphatic carbocycles. The fourth-order valence-electron chi connectivity index (χ4n) is 1.49. The largest absolute Gasteiger partial charge is 0.494 e. The number of benzene rings is 1. The molecule has 1 aromatic carbocycles. The first-order valence-electron chi connectivity index (χ1n) is 5.66. The van der Waals surface area contributed by atoms with Crippen molar-refractivity contribution in [2.24, 2.45) is 0 Å². The average Bonchev–Trinajstić information content (AvgIpc) is 2.27. The highest BCUT2D eigenvalue weighted by molar-refractivity contribution is 5.28. The highest BCUT2D eigenvalue weighted by Gasteiger charge is 2.02. The summed E-state index contributed by atoms with van der Waals surface area (Å²) in [7, 11) is 0. The van der Waals surface area contributed by atoms with Crippen LogP contribution < -0.4 is 4.74 Å². The van der Waals surface area contributed by atoms with Crippen LogP contribution in [-0.4, -0.2) is 17.8 Å². The molecule has 15 heavy (non-hydrogen) atoms. The smallest absolute Gasteiger partial charge is 0.119 e. The summed E-state index contributed by atoms with van der Waals surface area (Å²) >= 11 is 0. The normalized spacial score (nSPS) is 12.5. The van der Waals surface area contributed by atoms with E-state index in [1.54, 1.807) is 0 Å². The lowest BCUT2D eigenvalue weighted by molar-refractivity contribution is 0.160. The lowest BCUT2D eigenvalue weighted by atomic mass is 10.1. The van der Waals surface area contributed by atoms with Crippen LogP contribution in [0.1, 0.15) is 32.3 Å². The molecule has 1 unspecified atom stereocenters. The molecule has 0 aliphatic rings. The van der Waals surface area contributed by atoms with Crippen LogP contribution in [0.5, 0.6) is 5.75 Å². The van der Waals surface area contributed by atoms with E-state index in [1.165, 1.54) is 5.56 Å². The van der Waals surface area contributed by atoms with Gasteiger partial charge in [-0.15, -0.1) is 0 Å². The van der Waals surface area contributed by atoms with Crippen LogP contribution in [0.15, 0.2) is 24.3 Å². The molecule has 0 aromatic heterocycles. The molecule has 1 atom stereocenters. The maximum atomic E-state index is 9.46. The molecule has 1 N–H and O–H groups in total. The summed E-state index contributed by atoms with van der Waals surface area (Å²) in [4.78, 5) is 0. The Bertz CT molecular complexity index is 284. The molecular weight excluding hydrogens is 188 g/mol. The van der Waals surface area contributed by atoms with Gasteiger partial charge in [-0.05, 0) is 43.9 Å². The highest BCUT2D eigenvalue weighted by Crippen LogP contribution is 2.15. The molecule has 1 aromatic rings. The molecule has 2 nitrogen and oxygen atoms in total. The van der Waals surface area contributed by atoms with Gasteiger partial charge < -0.3 is 9.84 Å². The minimum atomic E-state index is -0.180. The second-order valence-corrected chi connectivity index (χ2v) is 3.68. The molecular formula is C13H20O2. The van der Waals surface area contributed by atoms with Crippen LogP contribution in [-0.2, 0) is 6.42 Å². The first kappa shape index (κ1) is 12.1. The minimum Gasteiger partial charge on any atom is -0.494 e. The third-order valence-electron chi connectivity index (χ3n) is 2.45. The van der Waals surface area contributed by atoms with Gasteiger partial charge >= 0.3 is 0 Å². The zero-order chi connectivity index (χ0) is 11.1. The fourth-order valence-corrected chi connectivity index (χ4v) is 1.49. The Balaban J connectivity index is 2.50. The topological polar surface area (TPSA) is 29.5 Å². The lowest BCUT2D eigenvalue weighted by Crippen LogP contribution is -2.05. The summed E-state index contributed by atoms with van der Waals surface area (Å²) in [6.07, 6.45) is 2.38. The molecule has 0 saturated heterocycles. The number of aliphatic hydroxyl groups excluding tert-OH is 1. The van der Waals surface area contributed by atoms with Crippen molar-refractivity contribution in [1.29, 1.82) is 0 Å². The third-order valence-corrected chi connectivity index (χ3v) is 2.45. The molecule has 0 radical (unpaired) electrons. The number of hydrogen-bond acceptors (Lipinski definition) is 2. The van der Waals surface area contributed by atoms with Crippen LogP contribution in [0.25, 0.3) is 0 Å². The summed E-state index contributed by atoms with van der Waals surface area (Å²) < 4.78 is 5.42. The molecule has 0 fully saturated rings. The van der Waals surface area contributed by atoms with Gasteiger partial charge in [0.05, 0.1) is 12.7 Å². The fraction of sp³-hybridized carbons (Fsp3) is 0.538. The van der Waals surface area contributed by atoms with Gasteiger partial charge in [-0.2, -0.15) is 0 Å². The quantitative estimate of drug-likeness (QED) is 0.779.